The largest absolute Gasteiger partial charge is 0.452 e. The molecular weight excluding hydrogens is 340 g/mol. The second-order valence-electron chi connectivity index (χ2n) is 6.55. The van der Waals surface area contributed by atoms with E-state index < -0.39 is 18.5 Å². The standard InChI is InChI=1S/C22H22N2O3/c1-3-14(2)15-8-10-16(11-9-15)20-12-18(22(26)27-13-21(23)25)17-6-4-5-7-19(17)24-20/h4-12,14H,3,13H2,1-2H3,(H2,23,25)/t14-/m0/s1. The number of aromatic nitrogens is 1. The Morgan fingerprint density at radius 1 is 1.11 bits per heavy atom. The van der Waals surface area contributed by atoms with Gasteiger partial charge in [0.1, 0.15) is 0 Å². The minimum absolute atomic E-state index is 0.364. The highest BCUT2D eigenvalue weighted by molar-refractivity contribution is 6.05. The lowest BCUT2D eigenvalue weighted by molar-refractivity contribution is -0.121. The summed E-state index contributed by atoms with van der Waals surface area (Å²) in [5, 5.41) is 0.673. The van der Waals surface area contributed by atoms with E-state index in [0.29, 0.717) is 28.1 Å². The quantitative estimate of drug-likeness (QED) is 0.671. The highest BCUT2D eigenvalue weighted by Crippen LogP contribution is 2.27. The number of hydrogen-bond donors (Lipinski definition) is 1. The van der Waals surface area contributed by atoms with E-state index in [1.54, 1.807) is 12.1 Å². The molecule has 5 nitrogen and oxygen atoms in total. The Balaban J connectivity index is 2.03. The number of esters is 1. The van der Waals surface area contributed by atoms with E-state index in [0.717, 1.165) is 12.0 Å². The van der Waals surface area contributed by atoms with Crippen molar-refractivity contribution in [2.75, 3.05) is 6.61 Å². The number of primary amides is 1. The predicted octanol–water partition coefficient (Wildman–Crippen LogP) is 4.06. The number of para-hydroxylation sites is 1. The van der Waals surface area contributed by atoms with E-state index in [-0.39, 0.29) is 0 Å². The minimum atomic E-state index is -0.692. The molecule has 0 saturated heterocycles. The number of pyridine rings is 1. The second-order valence-corrected chi connectivity index (χ2v) is 6.55. The molecule has 0 unspecified atom stereocenters. The van der Waals surface area contributed by atoms with Gasteiger partial charge in [-0.25, -0.2) is 9.78 Å². The van der Waals surface area contributed by atoms with Gasteiger partial charge in [-0.3, -0.25) is 4.79 Å². The van der Waals surface area contributed by atoms with Crippen LogP contribution in [-0.2, 0) is 9.53 Å². The molecule has 0 spiro atoms. The van der Waals surface area contributed by atoms with Gasteiger partial charge >= 0.3 is 5.97 Å². The molecule has 1 aromatic heterocycles. The molecule has 0 aliphatic carbocycles. The summed E-state index contributed by atoms with van der Waals surface area (Å²) in [7, 11) is 0. The fourth-order valence-electron chi connectivity index (χ4n) is 2.92. The summed E-state index contributed by atoms with van der Waals surface area (Å²) in [6, 6.07) is 17.2. The van der Waals surface area contributed by atoms with E-state index >= 15 is 0 Å². The van der Waals surface area contributed by atoms with Crippen LogP contribution in [0.1, 0.15) is 42.1 Å². The number of carbonyl (C=O) groups is 2. The first kappa shape index (κ1) is 18.6. The fraction of sp³-hybridized carbons (Fsp3) is 0.227. The van der Waals surface area contributed by atoms with Crippen molar-refractivity contribution < 1.29 is 14.3 Å². The second kappa shape index (κ2) is 7.99. The van der Waals surface area contributed by atoms with Crippen molar-refractivity contribution in [2.45, 2.75) is 26.2 Å². The fourth-order valence-corrected chi connectivity index (χ4v) is 2.92. The number of ether oxygens (including phenoxy) is 1. The van der Waals surface area contributed by atoms with Gasteiger partial charge < -0.3 is 10.5 Å². The molecular formula is C22H22N2O3. The third-order valence-corrected chi connectivity index (χ3v) is 4.67. The van der Waals surface area contributed by atoms with Crippen molar-refractivity contribution in [1.29, 1.82) is 0 Å². The molecule has 3 rings (SSSR count). The zero-order valence-electron chi connectivity index (χ0n) is 15.4. The molecule has 0 saturated carbocycles. The number of nitrogens with zero attached hydrogens (tertiary/aromatic N) is 1. The highest BCUT2D eigenvalue weighted by Gasteiger charge is 2.16. The van der Waals surface area contributed by atoms with Crippen LogP contribution in [0.25, 0.3) is 22.2 Å². The van der Waals surface area contributed by atoms with Crippen LogP contribution in [0, 0.1) is 0 Å². The van der Waals surface area contributed by atoms with E-state index in [1.165, 1.54) is 5.56 Å². The third kappa shape index (κ3) is 4.14. The number of benzene rings is 2. The number of carbonyl (C=O) groups excluding carboxylic acids is 2. The van der Waals surface area contributed by atoms with Gasteiger partial charge in [0.15, 0.2) is 6.61 Å². The summed E-state index contributed by atoms with van der Waals surface area (Å²) < 4.78 is 5.01. The van der Waals surface area contributed by atoms with Gasteiger partial charge in [-0.2, -0.15) is 0 Å². The number of nitrogens with two attached hydrogens (primary N) is 1. The van der Waals surface area contributed by atoms with Gasteiger partial charge in [0.2, 0.25) is 0 Å². The van der Waals surface area contributed by atoms with Crippen LogP contribution in [-0.4, -0.2) is 23.5 Å². The minimum Gasteiger partial charge on any atom is -0.452 e. The number of amides is 1. The summed E-state index contributed by atoms with van der Waals surface area (Å²) in [6.45, 7) is 3.90. The maximum atomic E-state index is 12.5. The van der Waals surface area contributed by atoms with Crippen molar-refractivity contribution >= 4 is 22.8 Å². The molecule has 2 aromatic carbocycles. The van der Waals surface area contributed by atoms with Gasteiger partial charge in [-0.1, -0.05) is 56.3 Å². The Labute approximate surface area is 158 Å². The number of rotatable bonds is 6. The van der Waals surface area contributed by atoms with Crippen molar-refractivity contribution in [2.24, 2.45) is 5.73 Å². The zero-order chi connectivity index (χ0) is 19.4. The molecule has 1 atom stereocenters. The zero-order valence-corrected chi connectivity index (χ0v) is 15.4. The highest BCUT2D eigenvalue weighted by atomic mass is 16.5. The lowest BCUT2D eigenvalue weighted by atomic mass is 9.96. The molecule has 0 radical (unpaired) electrons. The molecule has 1 amide bonds. The molecule has 5 heteroatoms. The predicted molar refractivity (Wildman–Crippen MR) is 105 cm³/mol. The first-order valence-corrected chi connectivity index (χ1v) is 8.95. The Morgan fingerprint density at radius 2 is 1.81 bits per heavy atom. The van der Waals surface area contributed by atoms with Gasteiger partial charge in [-0.05, 0) is 30.0 Å². The van der Waals surface area contributed by atoms with E-state index in [1.807, 2.05) is 30.3 Å². The van der Waals surface area contributed by atoms with Gasteiger partial charge in [0.05, 0.1) is 16.8 Å². The topological polar surface area (TPSA) is 82.3 Å². The molecule has 1 heterocycles. The van der Waals surface area contributed by atoms with Crippen LogP contribution >= 0.6 is 0 Å². The average Bonchev–Trinajstić information content (AvgIpc) is 2.70. The summed E-state index contributed by atoms with van der Waals surface area (Å²) in [5.41, 5.74) is 8.98. The summed E-state index contributed by atoms with van der Waals surface area (Å²) in [6.07, 6.45) is 1.07. The molecule has 138 valence electrons. The first-order chi connectivity index (χ1) is 13.0. The normalized spacial score (nSPS) is 11.9. The maximum absolute atomic E-state index is 12.5. The number of fused-ring (bicyclic) bond motifs is 1. The molecule has 27 heavy (non-hydrogen) atoms. The van der Waals surface area contributed by atoms with Crippen LogP contribution in [0.3, 0.4) is 0 Å². The van der Waals surface area contributed by atoms with Crippen LogP contribution in [0.5, 0.6) is 0 Å². The third-order valence-electron chi connectivity index (χ3n) is 4.67. The molecule has 2 N–H and O–H groups in total. The van der Waals surface area contributed by atoms with Crippen molar-refractivity contribution in [1.82, 2.24) is 4.98 Å². The van der Waals surface area contributed by atoms with Crippen LogP contribution in [0.2, 0.25) is 0 Å². The average molecular weight is 362 g/mol. The van der Waals surface area contributed by atoms with Crippen molar-refractivity contribution in [3.05, 3.63) is 65.7 Å². The Hall–Kier alpha value is -3.21. The lowest BCUT2D eigenvalue weighted by Crippen LogP contribution is -2.21. The molecule has 0 aliphatic rings. The smallest absolute Gasteiger partial charge is 0.339 e. The Bertz CT molecular complexity index is 981. The van der Waals surface area contributed by atoms with Crippen molar-refractivity contribution in [3.8, 4) is 11.3 Å². The van der Waals surface area contributed by atoms with E-state index in [2.05, 4.69) is 31.0 Å². The van der Waals surface area contributed by atoms with Crippen molar-refractivity contribution in [3.63, 3.8) is 0 Å². The first-order valence-electron chi connectivity index (χ1n) is 8.95. The van der Waals surface area contributed by atoms with E-state index in [9.17, 15) is 9.59 Å². The SMILES string of the molecule is CC[C@H](C)c1ccc(-c2cc(C(=O)OCC(N)=O)c3ccccc3n2)cc1. The Morgan fingerprint density at radius 3 is 2.48 bits per heavy atom. The maximum Gasteiger partial charge on any atom is 0.339 e. The van der Waals surface area contributed by atoms with Crippen LogP contribution in [0.15, 0.2) is 54.6 Å². The molecule has 0 bridgehead atoms. The summed E-state index contributed by atoms with van der Waals surface area (Å²) in [4.78, 5) is 28.1. The van der Waals surface area contributed by atoms with Gasteiger partial charge in [-0.15, -0.1) is 0 Å². The molecule has 0 fully saturated rings. The van der Waals surface area contributed by atoms with E-state index in [4.69, 9.17) is 10.5 Å². The summed E-state index contributed by atoms with van der Waals surface area (Å²) in [5.74, 6) is -0.796. The van der Waals surface area contributed by atoms with Crippen LogP contribution < -0.4 is 5.73 Å². The van der Waals surface area contributed by atoms with Gasteiger partial charge in [0, 0.05) is 10.9 Å². The van der Waals surface area contributed by atoms with Crippen LogP contribution in [0.4, 0.5) is 0 Å². The summed E-state index contributed by atoms with van der Waals surface area (Å²) >= 11 is 0. The Kier molecular flexibility index (Phi) is 5.50. The molecule has 3 aromatic rings. The molecule has 0 aliphatic heterocycles. The lowest BCUT2D eigenvalue weighted by Gasteiger charge is -2.12. The van der Waals surface area contributed by atoms with Gasteiger partial charge in [0.25, 0.3) is 5.91 Å². The number of hydrogen-bond acceptors (Lipinski definition) is 4. The monoisotopic (exact) mass is 362 g/mol.